The lowest BCUT2D eigenvalue weighted by molar-refractivity contribution is -0.870. The third kappa shape index (κ3) is 47.1. The topological polar surface area (TPSA) is 91.3 Å². The predicted molar refractivity (Wildman–Crippen MR) is 252 cm³/mol. The van der Waals surface area contributed by atoms with Crippen molar-refractivity contribution in [1.29, 1.82) is 0 Å². The number of likely N-dealkylation sites (N-methyl/N-ethyl adjacent to an activating group) is 1. The molecule has 0 aromatic heterocycles. The van der Waals surface area contributed by atoms with Gasteiger partial charge in [-0.1, -0.05) is 171 Å². The van der Waals surface area contributed by atoms with E-state index in [-0.39, 0.29) is 25.8 Å². The number of ether oxygens (including phenoxy) is 2. The first-order valence-electron chi connectivity index (χ1n) is 24.0. The first-order valence-corrected chi connectivity index (χ1v) is 25.5. The summed E-state index contributed by atoms with van der Waals surface area (Å²) in [4.78, 5) is 23.0. The molecule has 8 nitrogen and oxygen atoms in total. The minimum Gasteiger partial charge on any atom is -0.457 e. The Kier molecular flexibility index (Phi) is 41.6. The standard InChI is InChI=1S/C50H92NO7P/c1-6-8-10-12-14-16-18-20-22-24-25-26-28-30-32-34-36-38-40-42-45-55-47-49(48-57-59(53,54)56-46-44-51(3,4)5)58-50(52)43-41-39-37-35-33-31-29-27-23-21-19-17-15-13-11-9-7-2/h9,11,14-17,20-23,49H,6-8,10,12-13,18-19,24-48H2,1-5H3/p+1/b11-9-,16-14-,17-15-,22-20-,23-21-. The van der Waals surface area contributed by atoms with E-state index in [0.717, 1.165) is 64.2 Å². The molecule has 0 spiro atoms. The normalized spacial score (nSPS) is 14.2. The maximum absolute atomic E-state index is 12.7. The molecular weight excluding hydrogens is 758 g/mol. The van der Waals surface area contributed by atoms with E-state index in [4.69, 9.17) is 18.5 Å². The average Bonchev–Trinajstić information content (AvgIpc) is 3.19. The zero-order chi connectivity index (χ0) is 43.4. The minimum absolute atomic E-state index is 0.0836. The molecule has 0 bridgehead atoms. The van der Waals surface area contributed by atoms with E-state index in [1.165, 1.54) is 109 Å². The molecule has 0 aliphatic heterocycles. The van der Waals surface area contributed by atoms with Gasteiger partial charge in [-0.15, -0.1) is 0 Å². The van der Waals surface area contributed by atoms with Crippen molar-refractivity contribution < 1.29 is 37.3 Å². The number of rotatable bonds is 44. The lowest BCUT2D eigenvalue weighted by Gasteiger charge is -2.24. The highest BCUT2D eigenvalue weighted by molar-refractivity contribution is 7.47. The van der Waals surface area contributed by atoms with Crippen molar-refractivity contribution in [1.82, 2.24) is 0 Å². The zero-order valence-corrected chi connectivity index (χ0v) is 39.9. The number of quaternary nitrogens is 1. The van der Waals surface area contributed by atoms with Gasteiger partial charge in [-0.2, -0.15) is 0 Å². The fourth-order valence-electron chi connectivity index (χ4n) is 6.36. The quantitative estimate of drug-likeness (QED) is 0.0215. The maximum atomic E-state index is 12.7. The van der Waals surface area contributed by atoms with Crippen molar-refractivity contribution in [3.8, 4) is 0 Å². The molecule has 0 aliphatic rings. The van der Waals surface area contributed by atoms with Crippen molar-refractivity contribution >= 4 is 13.8 Å². The van der Waals surface area contributed by atoms with Gasteiger partial charge in [-0.25, -0.2) is 4.57 Å². The SMILES string of the molecule is CC/C=C\C/C=C\C/C=C\CCCCCCCCCC(=O)OC(COCCCCCCCCCCCC/C=C\C/C=C\CCCCC)COP(=O)(O)OCC[N+](C)(C)C. The number of unbranched alkanes of at least 4 members (excludes halogenated alkanes) is 20. The number of phosphoric acid groups is 1. The minimum atomic E-state index is -4.28. The van der Waals surface area contributed by atoms with Crippen molar-refractivity contribution in [2.75, 3.05) is 54.1 Å². The van der Waals surface area contributed by atoms with E-state index in [2.05, 4.69) is 74.6 Å². The molecule has 1 N–H and O–H groups in total. The van der Waals surface area contributed by atoms with Crippen LogP contribution in [-0.4, -0.2) is 75.6 Å². The Morgan fingerprint density at radius 2 is 0.983 bits per heavy atom. The van der Waals surface area contributed by atoms with Crippen LogP contribution in [0.1, 0.15) is 194 Å². The van der Waals surface area contributed by atoms with Gasteiger partial charge in [0, 0.05) is 13.0 Å². The van der Waals surface area contributed by atoms with Crippen LogP contribution in [0.4, 0.5) is 0 Å². The number of hydrogen-bond acceptors (Lipinski definition) is 6. The molecule has 344 valence electrons. The smallest absolute Gasteiger partial charge is 0.457 e. The summed E-state index contributed by atoms with van der Waals surface area (Å²) in [6.07, 6.45) is 54.0. The second-order valence-corrected chi connectivity index (χ2v) is 18.6. The summed E-state index contributed by atoms with van der Waals surface area (Å²) in [6, 6.07) is 0. The Hall–Kier alpha value is -1.80. The van der Waals surface area contributed by atoms with Gasteiger partial charge in [0.05, 0.1) is 34.4 Å². The Balaban J connectivity index is 4.20. The molecule has 0 fully saturated rings. The van der Waals surface area contributed by atoms with Crippen LogP contribution in [0.2, 0.25) is 0 Å². The Morgan fingerprint density at radius 1 is 0.542 bits per heavy atom. The van der Waals surface area contributed by atoms with Crippen LogP contribution >= 0.6 is 7.82 Å². The van der Waals surface area contributed by atoms with Crippen molar-refractivity contribution in [3.63, 3.8) is 0 Å². The molecule has 9 heteroatoms. The summed E-state index contributed by atoms with van der Waals surface area (Å²) >= 11 is 0. The van der Waals surface area contributed by atoms with E-state index in [1.807, 2.05) is 21.1 Å². The summed E-state index contributed by atoms with van der Waals surface area (Å²) in [5.74, 6) is -0.326. The van der Waals surface area contributed by atoms with Crippen LogP contribution in [0.15, 0.2) is 60.8 Å². The summed E-state index contributed by atoms with van der Waals surface area (Å²) in [6.45, 7) is 5.47. The van der Waals surface area contributed by atoms with Gasteiger partial charge in [0.25, 0.3) is 0 Å². The van der Waals surface area contributed by atoms with Gasteiger partial charge in [-0.3, -0.25) is 13.8 Å². The van der Waals surface area contributed by atoms with E-state index in [1.54, 1.807) is 0 Å². The zero-order valence-electron chi connectivity index (χ0n) is 39.0. The van der Waals surface area contributed by atoms with Crippen LogP contribution in [-0.2, 0) is 27.9 Å². The Morgan fingerprint density at radius 3 is 1.47 bits per heavy atom. The van der Waals surface area contributed by atoms with Crippen LogP contribution in [0.3, 0.4) is 0 Å². The van der Waals surface area contributed by atoms with E-state index < -0.39 is 13.9 Å². The van der Waals surface area contributed by atoms with Crippen molar-refractivity contribution in [2.24, 2.45) is 0 Å². The van der Waals surface area contributed by atoms with Crippen LogP contribution in [0.25, 0.3) is 0 Å². The molecular formula is C50H93NO7P+. The Labute approximate surface area is 364 Å². The number of nitrogens with zero attached hydrogens (tertiary/aromatic N) is 1. The third-order valence-corrected chi connectivity index (χ3v) is 11.0. The first kappa shape index (κ1) is 57.2. The highest BCUT2D eigenvalue weighted by Gasteiger charge is 2.26. The summed E-state index contributed by atoms with van der Waals surface area (Å²) in [5.41, 5.74) is 0. The molecule has 0 aromatic carbocycles. The monoisotopic (exact) mass is 851 g/mol. The van der Waals surface area contributed by atoms with Gasteiger partial charge in [0.2, 0.25) is 0 Å². The highest BCUT2D eigenvalue weighted by atomic mass is 31.2. The molecule has 0 heterocycles. The first-order chi connectivity index (χ1) is 28.6. The molecule has 0 amide bonds. The average molecular weight is 851 g/mol. The number of carbonyl (C=O) groups is 1. The molecule has 0 aliphatic carbocycles. The largest absolute Gasteiger partial charge is 0.472 e. The van der Waals surface area contributed by atoms with Crippen LogP contribution in [0, 0.1) is 0 Å². The fourth-order valence-corrected chi connectivity index (χ4v) is 7.10. The van der Waals surface area contributed by atoms with E-state index in [9.17, 15) is 14.3 Å². The van der Waals surface area contributed by atoms with Gasteiger partial charge in [0.15, 0.2) is 0 Å². The number of esters is 1. The lowest BCUT2D eigenvalue weighted by atomic mass is 10.1. The Bertz CT molecular complexity index is 1130. The van der Waals surface area contributed by atoms with E-state index in [0.29, 0.717) is 24.1 Å². The summed E-state index contributed by atoms with van der Waals surface area (Å²) in [5, 5.41) is 0. The van der Waals surface area contributed by atoms with Gasteiger partial charge >= 0.3 is 13.8 Å². The number of phosphoric ester groups is 1. The second kappa shape index (κ2) is 42.9. The molecule has 0 aromatic rings. The molecule has 59 heavy (non-hydrogen) atoms. The summed E-state index contributed by atoms with van der Waals surface area (Å²) < 4.78 is 35.1. The molecule has 0 rings (SSSR count). The summed E-state index contributed by atoms with van der Waals surface area (Å²) in [7, 11) is 1.65. The third-order valence-electron chi connectivity index (χ3n) is 10.1. The van der Waals surface area contributed by atoms with Crippen LogP contribution < -0.4 is 0 Å². The number of allylic oxidation sites excluding steroid dienone is 10. The fraction of sp³-hybridized carbons (Fsp3) is 0.780. The van der Waals surface area contributed by atoms with Gasteiger partial charge < -0.3 is 18.9 Å². The highest BCUT2D eigenvalue weighted by Crippen LogP contribution is 2.43. The lowest BCUT2D eigenvalue weighted by Crippen LogP contribution is -2.37. The number of hydrogen-bond donors (Lipinski definition) is 1. The van der Waals surface area contributed by atoms with Crippen molar-refractivity contribution in [2.45, 2.75) is 200 Å². The molecule has 0 saturated heterocycles. The van der Waals surface area contributed by atoms with E-state index >= 15 is 0 Å². The molecule has 2 unspecified atom stereocenters. The number of carbonyl (C=O) groups excluding carboxylic acids is 1. The maximum Gasteiger partial charge on any atom is 0.472 e. The van der Waals surface area contributed by atoms with Gasteiger partial charge in [0.1, 0.15) is 19.3 Å². The molecule has 2 atom stereocenters. The second-order valence-electron chi connectivity index (χ2n) is 17.1. The van der Waals surface area contributed by atoms with Crippen molar-refractivity contribution in [3.05, 3.63) is 60.8 Å². The molecule has 0 saturated carbocycles. The van der Waals surface area contributed by atoms with Crippen LogP contribution in [0.5, 0.6) is 0 Å². The van der Waals surface area contributed by atoms with Gasteiger partial charge in [-0.05, 0) is 77.0 Å². The molecule has 0 radical (unpaired) electrons. The predicted octanol–water partition coefficient (Wildman–Crippen LogP) is 14.5.